The minimum atomic E-state index is -0.525. The van der Waals surface area contributed by atoms with Crippen molar-refractivity contribution in [3.8, 4) is 5.75 Å². The van der Waals surface area contributed by atoms with E-state index in [1.165, 1.54) is 29.5 Å². The molecule has 4 rings (SSSR count). The van der Waals surface area contributed by atoms with Crippen LogP contribution in [0.2, 0.25) is 0 Å². The molecule has 0 atom stereocenters. The Morgan fingerprint density at radius 1 is 0.969 bits per heavy atom. The van der Waals surface area contributed by atoms with Crippen LogP contribution in [0.25, 0.3) is 0 Å². The van der Waals surface area contributed by atoms with Gasteiger partial charge in [-0.15, -0.1) is 0 Å². The largest absolute Gasteiger partial charge is 0.488 e. The molecule has 4 heteroatoms. The lowest BCUT2D eigenvalue weighted by Gasteiger charge is -2.22. The second-order valence-corrected chi connectivity index (χ2v) is 11.4. The number of hydrogen-bond donors (Lipinski definition) is 1. The van der Waals surface area contributed by atoms with Gasteiger partial charge in [0.1, 0.15) is 11.4 Å². The van der Waals surface area contributed by atoms with Gasteiger partial charge in [-0.3, -0.25) is 0 Å². The van der Waals surface area contributed by atoms with Crippen LogP contribution in [0.4, 0.5) is 5.69 Å². The maximum Gasteiger partial charge on any atom is 0.338 e. The summed E-state index contributed by atoms with van der Waals surface area (Å²) in [5.74, 6) is 1.12. The smallest absolute Gasteiger partial charge is 0.338 e. The standard InChI is InChI=1S/C28H37NO3/c1-27(2,3)22-14-18(13-21(15-22)19-7-8-19)17-29-24-12-9-20(26(30)32-28(4,5)6)16-25(24)31-23-10-11-23/h9,12-16,19,23,29H,7-8,10-11,17H2,1-6H3. The second kappa shape index (κ2) is 8.46. The van der Waals surface area contributed by atoms with Gasteiger partial charge in [-0.1, -0.05) is 39.0 Å². The van der Waals surface area contributed by atoms with E-state index in [0.717, 1.165) is 36.7 Å². The fraction of sp³-hybridized carbons (Fsp3) is 0.536. The van der Waals surface area contributed by atoms with Crippen molar-refractivity contribution in [1.82, 2.24) is 0 Å². The Morgan fingerprint density at radius 2 is 1.69 bits per heavy atom. The van der Waals surface area contributed by atoms with E-state index in [-0.39, 0.29) is 17.5 Å². The topological polar surface area (TPSA) is 47.6 Å². The van der Waals surface area contributed by atoms with E-state index in [9.17, 15) is 4.79 Å². The van der Waals surface area contributed by atoms with Crippen molar-refractivity contribution in [2.75, 3.05) is 5.32 Å². The van der Waals surface area contributed by atoms with Gasteiger partial charge in [0, 0.05) is 6.54 Å². The quantitative estimate of drug-likeness (QED) is 0.477. The van der Waals surface area contributed by atoms with Crippen LogP contribution in [0.1, 0.15) is 100 Å². The molecule has 0 aliphatic heterocycles. The second-order valence-electron chi connectivity index (χ2n) is 11.4. The van der Waals surface area contributed by atoms with Crippen molar-refractivity contribution in [3.05, 3.63) is 58.7 Å². The lowest BCUT2D eigenvalue weighted by atomic mass is 9.84. The molecule has 2 aliphatic carbocycles. The maximum absolute atomic E-state index is 12.5. The molecule has 0 bridgehead atoms. The Hall–Kier alpha value is -2.49. The minimum Gasteiger partial charge on any atom is -0.488 e. The summed E-state index contributed by atoms with van der Waals surface area (Å²) in [7, 11) is 0. The first kappa shape index (κ1) is 22.7. The Kier molecular flexibility index (Phi) is 6.00. The molecule has 32 heavy (non-hydrogen) atoms. The van der Waals surface area contributed by atoms with E-state index in [0.29, 0.717) is 5.56 Å². The highest BCUT2D eigenvalue weighted by Crippen LogP contribution is 2.42. The molecule has 1 N–H and O–H groups in total. The Balaban J connectivity index is 1.55. The van der Waals surface area contributed by atoms with E-state index >= 15 is 0 Å². The molecule has 0 spiro atoms. The molecule has 0 saturated heterocycles. The third-order valence-corrected chi connectivity index (χ3v) is 5.85. The summed E-state index contributed by atoms with van der Waals surface area (Å²) in [6, 6.07) is 12.6. The van der Waals surface area contributed by atoms with Gasteiger partial charge in [-0.05, 0) is 92.7 Å². The summed E-state index contributed by atoms with van der Waals surface area (Å²) in [5, 5.41) is 3.57. The zero-order valence-electron chi connectivity index (χ0n) is 20.4. The molecule has 172 valence electrons. The normalized spacial score (nSPS) is 16.6. The van der Waals surface area contributed by atoms with E-state index < -0.39 is 5.60 Å². The molecule has 2 aromatic carbocycles. The van der Waals surface area contributed by atoms with E-state index in [1.54, 1.807) is 0 Å². The van der Waals surface area contributed by atoms with Gasteiger partial charge in [0.25, 0.3) is 0 Å². The van der Waals surface area contributed by atoms with E-state index in [2.05, 4.69) is 44.3 Å². The zero-order valence-corrected chi connectivity index (χ0v) is 20.4. The molecule has 2 fully saturated rings. The molecule has 2 aromatic rings. The van der Waals surface area contributed by atoms with Crippen molar-refractivity contribution in [1.29, 1.82) is 0 Å². The number of rotatable bonds is 7. The summed E-state index contributed by atoms with van der Waals surface area (Å²) >= 11 is 0. The Morgan fingerprint density at radius 3 is 2.28 bits per heavy atom. The number of ether oxygens (including phenoxy) is 2. The number of anilines is 1. The molecule has 0 amide bonds. The maximum atomic E-state index is 12.5. The highest BCUT2D eigenvalue weighted by molar-refractivity contribution is 5.91. The fourth-order valence-corrected chi connectivity index (χ4v) is 3.70. The van der Waals surface area contributed by atoms with Crippen molar-refractivity contribution < 1.29 is 14.3 Å². The first-order valence-corrected chi connectivity index (χ1v) is 11.9. The van der Waals surface area contributed by atoms with E-state index in [4.69, 9.17) is 9.47 Å². The first-order valence-electron chi connectivity index (χ1n) is 11.9. The first-order chi connectivity index (χ1) is 15.0. The highest BCUT2D eigenvalue weighted by atomic mass is 16.6. The van der Waals surface area contributed by atoms with Gasteiger partial charge in [0.2, 0.25) is 0 Å². The summed E-state index contributed by atoms with van der Waals surface area (Å²) < 4.78 is 11.7. The predicted octanol–water partition coefficient (Wildman–Crippen LogP) is 6.97. The van der Waals surface area contributed by atoms with Crippen molar-refractivity contribution in [2.24, 2.45) is 0 Å². The van der Waals surface area contributed by atoms with Gasteiger partial charge in [-0.25, -0.2) is 4.79 Å². The van der Waals surface area contributed by atoms with Crippen LogP contribution in [0, 0.1) is 0 Å². The minimum absolute atomic E-state index is 0.120. The lowest BCUT2D eigenvalue weighted by Crippen LogP contribution is -2.24. The SMILES string of the molecule is CC(C)(C)OC(=O)c1ccc(NCc2cc(C3CC3)cc(C(C)(C)C)c2)c(OC2CC2)c1. The van der Waals surface area contributed by atoms with Crippen LogP contribution < -0.4 is 10.1 Å². The summed E-state index contributed by atoms with van der Waals surface area (Å²) in [4.78, 5) is 12.5. The molecular weight excluding hydrogens is 398 g/mol. The number of hydrogen-bond acceptors (Lipinski definition) is 4. The Labute approximate surface area is 192 Å². The predicted molar refractivity (Wildman–Crippen MR) is 130 cm³/mol. The molecule has 0 aromatic heterocycles. The summed E-state index contributed by atoms with van der Waals surface area (Å²) in [6.07, 6.45) is 4.97. The van der Waals surface area contributed by atoms with Gasteiger partial charge in [-0.2, -0.15) is 0 Å². The molecule has 2 saturated carbocycles. The number of carbonyl (C=O) groups excluding carboxylic acids is 1. The van der Waals surface area contributed by atoms with Gasteiger partial charge in [0.15, 0.2) is 0 Å². The average Bonchev–Trinajstić information content (AvgIpc) is 3.59. The number of carbonyl (C=O) groups is 1. The van der Waals surface area contributed by atoms with Gasteiger partial charge < -0.3 is 14.8 Å². The third kappa shape index (κ3) is 6.05. The Bertz CT molecular complexity index is 989. The molecule has 0 unspecified atom stereocenters. The monoisotopic (exact) mass is 435 g/mol. The van der Waals surface area contributed by atoms with Gasteiger partial charge >= 0.3 is 5.97 Å². The van der Waals surface area contributed by atoms with Crippen LogP contribution in [-0.2, 0) is 16.7 Å². The van der Waals surface area contributed by atoms with Crippen LogP contribution in [0.15, 0.2) is 36.4 Å². The van der Waals surface area contributed by atoms with Crippen LogP contribution >= 0.6 is 0 Å². The third-order valence-electron chi connectivity index (χ3n) is 5.85. The van der Waals surface area contributed by atoms with Crippen molar-refractivity contribution in [2.45, 2.75) is 96.8 Å². The van der Waals surface area contributed by atoms with Crippen LogP contribution in [0.3, 0.4) is 0 Å². The van der Waals surface area contributed by atoms with Gasteiger partial charge in [0.05, 0.1) is 17.4 Å². The molecular formula is C28H37NO3. The van der Waals surface area contributed by atoms with Crippen LogP contribution in [-0.4, -0.2) is 17.7 Å². The highest BCUT2D eigenvalue weighted by Gasteiger charge is 2.27. The average molecular weight is 436 g/mol. The molecule has 0 radical (unpaired) electrons. The number of esters is 1. The summed E-state index contributed by atoms with van der Waals surface area (Å²) in [6.45, 7) is 13.2. The molecule has 0 heterocycles. The lowest BCUT2D eigenvalue weighted by molar-refractivity contribution is 0.00690. The summed E-state index contributed by atoms with van der Waals surface area (Å²) in [5.41, 5.74) is 5.16. The van der Waals surface area contributed by atoms with Crippen molar-refractivity contribution in [3.63, 3.8) is 0 Å². The van der Waals surface area contributed by atoms with Crippen LogP contribution in [0.5, 0.6) is 5.75 Å². The van der Waals surface area contributed by atoms with Crippen molar-refractivity contribution >= 4 is 11.7 Å². The number of benzene rings is 2. The fourth-order valence-electron chi connectivity index (χ4n) is 3.70. The number of nitrogens with one attached hydrogen (secondary N) is 1. The van der Waals surface area contributed by atoms with E-state index in [1.807, 2.05) is 39.0 Å². The zero-order chi connectivity index (χ0) is 23.1. The molecule has 2 aliphatic rings. The molecule has 4 nitrogen and oxygen atoms in total.